The van der Waals surface area contributed by atoms with Crippen molar-refractivity contribution in [3.63, 3.8) is 0 Å². The number of carbonyl (C=O) groups is 1. The Morgan fingerprint density at radius 1 is 0.969 bits per heavy atom. The van der Waals surface area contributed by atoms with E-state index in [0.717, 1.165) is 37.4 Å². The minimum absolute atomic E-state index is 0.139. The molecule has 0 bridgehead atoms. The molecule has 2 N–H and O–H groups in total. The molecule has 9 heteroatoms. The van der Waals surface area contributed by atoms with Crippen LogP contribution >= 0.6 is 11.3 Å². The Bertz CT molecular complexity index is 1120. The Kier molecular flexibility index (Phi) is 6.02. The highest BCUT2D eigenvalue weighted by Gasteiger charge is 2.34. The quantitative estimate of drug-likeness (QED) is 0.632. The third kappa shape index (κ3) is 4.32. The maximum absolute atomic E-state index is 13.1. The standard InChI is InChI=1S/C23H26N6O2S/c30-22-10-9-21(26-29(22)17-6-2-1-3-7-17)27-11-5-12-28(14-13-27)23(31)19-16-18(24-25-19)20-8-4-15-32-20/h1-4,6-10,15,18-19,24-25H,5,11-14,16H2. The Morgan fingerprint density at radius 2 is 1.84 bits per heavy atom. The summed E-state index contributed by atoms with van der Waals surface area (Å²) in [5, 5.41) is 6.66. The molecule has 0 radical (unpaired) electrons. The van der Waals surface area contributed by atoms with Crippen molar-refractivity contribution in [3.05, 3.63) is 75.2 Å². The van der Waals surface area contributed by atoms with E-state index in [-0.39, 0.29) is 23.6 Å². The summed E-state index contributed by atoms with van der Waals surface area (Å²) >= 11 is 1.71. The van der Waals surface area contributed by atoms with Crippen molar-refractivity contribution in [2.45, 2.75) is 24.9 Å². The Hall–Kier alpha value is -3.01. The van der Waals surface area contributed by atoms with E-state index in [0.29, 0.717) is 13.1 Å². The van der Waals surface area contributed by atoms with Crippen LogP contribution in [-0.2, 0) is 4.79 Å². The molecule has 2 aliphatic heterocycles. The molecule has 0 saturated carbocycles. The van der Waals surface area contributed by atoms with E-state index in [1.54, 1.807) is 23.5 Å². The van der Waals surface area contributed by atoms with Gasteiger partial charge in [-0.25, -0.2) is 10.9 Å². The van der Waals surface area contributed by atoms with Crippen molar-refractivity contribution in [1.82, 2.24) is 25.5 Å². The summed E-state index contributed by atoms with van der Waals surface area (Å²) in [7, 11) is 0. The lowest BCUT2D eigenvalue weighted by atomic mass is 10.1. The third-order valence-corrected chi connectivity index (χ3v) is 6.99. The zero-order valence-electron chi connectivity index (χ0n) is 17.7. The van der Waals surface area contributed by atoms with Crippen molar-refractivity contribution < 1.29 is 4.79 Å². The summed E-state index contributed by atoms with van der Waals surface area (Å²) in [6.45, 7) is 2.82. The summed E-state index contributed by atoms with van der Waals surface area (Å²) in [6.07, 6.45) is 1.61. The molecular weight excluding hydrogens is 424 g/mol. The predicted molar refractivity (Wildman–Crippen MR) is 125 cm³/mol. The van der Waals surface area contributed by atoms with Crippen LogP contribution in [0.2, 0.25) is 0 Å². The van der Waals surface area contributed by atoms with Crippen LogP contribution in [-0.4, -0.2) is 52.8 Å². The molecule has 4 heterocycles. The van der Waals surface area contributed by atoms with E-state index in [4.69, 9.17) is 0 Å². The van der Waals surface area contributed by atoms with Gasteiger partial charge < -0.3 is 9.80 Å². The van der Waals surface area contributed by atoms with Crippen molar-refractivity contribution >= 4 is 23.1 Å². The highest BCUT2D eigenvalue weighted by Crippen LogP contribution is 2.27. The molecule has 2 atom stereocenters. The van der Waals surface area contributed by atoms with Crippen LogP contribution in [0.3, 0.4) is 0 Å². The normalized spacial score (nSPS) is 21.5. The smallest absolute Gasteiger partial charge is 0.271 e. The molecule has 2 saturated heterocycles. The molecule has 5 rings (SSSR count). The lowest BCUT2D eigenvalue weighted by Gasteiger charge is -2.25. The molecule has 2 unspecified atom stereocenters. The number of hydrazine groups is 1. The lowest BCUT2D eigenvalue weighted by Crippen LogP contribution is -2.46. The van der Waals surface area contributed by atoms with Gasteiger partial charge in [0.25, 0.3) is 5.56 Å². The van der Waals surface area contributed by atoms with Gasteiger partial charge in [-0.15, -0.1) is 16.4 Å². The zero-order chi connectivity index (χ0) is 21.9. The molecule has 0 spiro atoms. The fraction of sp³-hybridized carbons (Fsp3) is 0.348. The van der Waals surface area contributed by atoms with Gasteiger partial charge in [-0.1, -0.05) is 24.3 Å². The maximum Gasteiger partial charge on any atom is 0.271 e. The first-order chi connectivity index (χ1) is 15.7. The minimum Gasteiger partial charge on any atom is -0.353 e. The molecule has 1 amide bonds. The number of aromatic nitrogens is 2. The Balaban J connectivity index is 1.25. The van der Waals surface area contributed by atoms with Crippen molar-refractivity contribution in [3.8, 4) is 5.69 Å². The van der Waals surface area contributed by atoms with E-state index < -0.39 is 0 Å². The monoisotopic (exact) mass is 450 g/mol. The van der Waals surface area contributed by atoms with Crippen molar-refractivity contribution in [2.75, 3.05) is 31.1 Å². The van der Waals surface area contributed by atoms with Gasteiger partial charge in [-0.05, 0) is 42.5 Å². The number of nitrogens with zero attached hydrogens (tertiary/aromatic N) is 4. The number of carbonyl (C=O) groups excluding carboxylic acids is 1. The van der Waals surface area contributed by atoms with Crippen LogP contribution in [0.4, 0.5) is 5.82 Å². The molecule has 1 aromatic carbocycles. The van der Waals surface area contributed by atoms with Crippen LogP contribution in [0.15, 0.2) is 64.8 Å². The summed E-state index contributed by atoms with van der Waals surface area (Å²) in [5.41, 5.74) is 7.04. The third-order valence-electron chi connectivity index (χ3n) is 6.01. The fourth-order valence-electron chi connectivity index (χ4n) is 4.31. The largest absolute Gasteiger partial charge is 0.353 e. The highest BCUT2D eigenvalue weighted by atomic mass is 32.1. The van der Waals surface area contributed by atoms with E-state index in [2.05, 4.69) is 32.3 Å². The van der Waals surface area contributed by atoms with Crippen molar-refractivity contribution in [1.29, 1.82) is 0 Å². The minimum atomic E-state index is -0.216. The summed E-state index contributed by atoms with van der Waals surface area (Å²) < 4.78 is 1.43. The van der Waals surface area contributed by atoms with Crippen LogP contribution < -0.4 is 21.3 Å². The molecule has 2 aromatic heterocycles. The number of para-hydroxylation sites is 1. The van der Waals surface area contributed by atoms with Crippen LogP contribution in [0, 0.1) is 0 Å². The summed E-state index contributed by atoms with van der Waals surface area (Å²) in [5.74, 6) is 0.891. The van der Waals surface area contributed by atoms with Gasteiger partial charge >= 0.3 is 0 Å². The van der Waals surface area contributed by atoms with E-state index >= 15 is 0 Å². The van der Waals surface area contributed by atoms with Crippen LogP contribution in [0.5, 0.6) is 0 Å². The molecule has 3 aromatic rings. The maximum atomic E-state index is 13.1. The predicted octanol–water partition coefficient (Wildman–Crippen LogP) is 1.94. The van der Waals surface area contributed by atoms with Crippen LogP contribution in [0.25, 0.3) is 5.69 Å². The SMILES string of the molecule is O=C(C1CC(c2cccs2)NN1)N1CCCN(c2ccc(=O)n(-c3ccccc3)n2)CC1. The Morgan fingerprint density at radius 3 is 2.66 bits per heavy atom. The first-order valence-electron chi connectivity index (χ1n) is 10.9. The van der Waals surface area contributed by atoms with E-state index in [1.165, 1.54) is 9.56 Å². The van der Waals surface area contributed by atoms with Gasteiger partial charge in [0, 0.05) is 37.1 Å². The molecule has 2 aliphatic rings. The Labute approximate surface area is 190 Å². The van der Waals surface area contributed by atoms with Gasteiger partial charge in [0.1, 0.15) is 11.9 Å². The van der Waals surface area contributed by atoms with E-state index in [9.17, 15) is 9.59 Å². The molecule has 166 valence electrons. The van der Waals surface area contributed by atoms with Gasteiger partial charge in [-0.2, -0.15) is 4.68 Å². The van der Waals surface area contributed by atoms with E-state index in [1.807, 2.05) is 41.3 Å². The molecular formula is C23H26N6O2S. The van der Waals surface area contributed by atoms with Crippen molar-refractivity contribution in [2.24, 2.45) is 0 Å². The van der Waals surface area contributed by atoms with Gasteiger partial charge in [0.05, 0.1) is 11.7 Å². The van der Waals surface area contributed by atoms with Gasteiger partial charge in [0.15, 0.2) is 0 Å². The lowest BCUT2D eigenvalue weighted by molar-refractivity contribution is -0.133. The fourth-order valence-corrected chi connectivity index (χ4v) is 5.10. The first-order valence-corrected chi connectivity index (χ1v) is 11.8. The number of thiophene rings is 1. The number of anilines is 1. The molecule has 8 nitrogen and oxygen atoms in total. The average molecular weight is 451 g/mol. The molecule has 0 aliphatic carbocycles. The summed E-state index contributed by atoms with van der Waals surface area (Å²) in [6, 6.07) is 16.9. The van der Waals surface area contributed by atoms with Gasteiger partial charge in [-0.3, -0.25) is 9.59 Å². The number of nitrogens with one attached hydrogen (secondary N) is 2. The average Bonchev–Trinajstić information content (AvgIpc) is 3.47. The number of rotatable bonds is 4. The highest BCUT2D eigenvalue weighted by molar-refractivity contribution is 7.10. The number of hydrogen-bond acceptors (Lipinski definition) is 7. The summed E-state index contributed by atoms with van der Waals surface area (Å²) in [4.78, 5) is 30.8. The number of amides is 1. The second-order valence-electron chi connectivity index (χ2n) is 8.09. The molecule has 2 fully saturated rings. The van der Waals surface area contributed by atoms with Gasteiger partial charge in [0.2, 0.25) is 5.91 Å². The number of benzene rings is 1. The first kappa shape index (κ1) is 20.9. The second kappa shape index (κ2) is 9.23. The molecule has 32 heavy (non-hydrogen) atoms. The van der Waals surface area contributed by atoms with Crippen LogP contribution in [0.1, 0.15) is 23.8 Å². The topological polar surface area (TPSA) is 82.5 Å². The zero-order valence-corrected chi connectivity index (χ0v) is 18.5. The second-order valence-corrected chi connectivity index (χ2v) is 9.07. The number of hydrogen-bond donors (Lipinski definition) is 2.